The van der Waals surface area contributed by atoms with Crippen LogP contribution in [0.15, 0.2) is 6.20 Å². The second-order valence-electron chi connectivity index (χ2n) is 2.28. The van der Waals surface area contributed by atoms with E-state index in [0.717, 1.165) is 23.2 Å². The molecular weight excluding hydrogens is 124 g/mol. The SMILES string of the molecule is CCc1c[nH]c(C)c1C#N. The normalized spacial score (nSPS) is 9.30. The Morgan fingerprint density at radius 2 is 2.40 bits per heavy atom. The van der Waals surface area contributed by atoms with Crippen molar-refractivity contribution in [2.24, 2.45) is 0 Å². The molecule has 0 fully saturated rings. The predicted octanol–water partition coefficient (Wildman–Crippen LogP) is 1.76. The van der Waals surface area contributed by atoms with Crippen molar-refractivity contribution in [1.82, 2.24) is 4.98 Å². The molecular formula is C8H10N2. The zero-order valence-electron chi connectivity index (χ0n) is 6.23. The molecule has 2 heteroatoms. The van der Waals surface area contributed by atoms with Crippen molar-refractivity contribution in [3.63, 3.8) is 0 Å². The lowest BCUT2D eigenvalue weighted by Gasteiger charge is -1.88. The van der Waals surface area contributed by atoms with Gasteiger partial charge in [-0.2, -0.15) is 5.26 Å². The van der Waals surface area contributed by atoms with Gasteiger partial charge in [0.25, 0.3) is 0 Å². The van der Waals surface area contributed by atoms with Crippen molar-refractivity contribution in [3.05, 3.63) is 23.0 Å². The van der Waals surface area contributed by atoms with Gasteiger partial charge >= 0.3 is 0 Å². The number of hydrogen-bond acceptors (Lipinski definition) is 1. The second kappa shape index (κ2) is 2.57. The maximum atomic E-state index is 8.65. The number of nitrogens with one attached hydrogen (secondary N) is 1. The first-order valence-electron chi connectivity index (χ1n) is 3.36. The molecule has 1 rings (SSSR count). The summed E-state index contributed by atoms with van der Waals surface area (Å²) in [6.07, 6.45) is 2.82. The molecule has 0 aliphatic heterocycles. The van der Waals surface area contributed by atoms with E-state index in [1.54, 1.807) is 0 Å². The summed E-state index contributed by atoms with van der Waals surface area (Å²) < 4.78 is 0. The Bertz CT molecular complexity index is 265. The standard InChI is InChI=1S/C8H10N2/c1-3-7-5-10-6(2)8(7)4-9/h5,10H,3H2,1-2H3. The lowest BCUT2D eigenvalue weighted by molar-refractivity contribution is 1.14. The number of aromatic nitrogens is 1. The fourth-order valence-electron chi connectivity index (χ4n) is 1.02. The first-order valence-corrected chi connectivity index (χ1v) is 3.36. The highest BCUT2D eigenvalue weighted by molar-refractivity contribution is 5.40. The minimum Gasteiger partial charge on any atom is -0.364 e. The van der Waals surface area contributed by atoms with Crippen molar-refractivity contribution >= 4 is 0 Å². The molecule has 2 nitrogen and oxygen atoms in total. The lowest BCUT2D eigenvalue weighted by Crippen LogP contribution is -1.81. The molecule has 0 aliphatic rings. The summed E-state index contributed by atoms with van der Waals surface area (Å²) in [7, 11) is 0. The number of rotatable bonds is 1. The molecule has 10 heavy (non-hydrogen) atoms. The summed E-state index contributed by atoms with van der Waals surface area (Å²) >= 11 is 0. The summed E-state index contributed by atoms with van der Waals surface area (Å²) in [5.74, 6) is 0. The number of hydrogen-bond donors (Lipinski definition) is 1. The number of nitrogens with zero attached hydrogens (tertiary/aromatic N) is 1. The van der Waals surface area contributed by atoms with Crippen LogP contribution in [0.1, 0.15) is 23.7 Å². The molecule has 0 unspecified atom stereocenters. The fraction of sp³-hybridized carbons (Fsp3) is 0.375. The van der Waals surface area contributed by atoms with Crippen molar-refractivity contribution in [2.45, 2.75) is 20.3 Å². The van der Waals surface area contributed by atoms with Crippen molar-refractivity contribution in [1.29, 1.82) is 5.26 Å². The highest BCUT2D eigenvalue weighted by Crippen LogP contribution is 2.11. The Morgan fingerprint density at radius 3 is 2.80 bits per heavy atom. The first kappa shape index (κ1) is 6.88. The molecule has 0 amide bonds. The van der Waals surface area contributed by atoms with E-state index in [1.165, 1.54) is 0 Å². The maximum Gasteiger partial charge on any atom is 0.101 e. The van der Waals surface area contributed by atoms with E-state index in [-0.39, 0.29) is 0 Å². The van der Waals surface area contributed by atoms with E-state index in [0.29, 0.717) is 0 Å². The van der Waals surface area contributed by atoms with Crippen LogP contribution >= 0.6 is 0 Å². The zero-order chi connectivity index (χ0) is 7.56. The molecule has 1 aromatic rings. The Hall–Kier alpha value is -1.23. The third kappa shape index (κ3) is 0.906. The summed E-state index contributed by atoms with van der Waals surface area (Å²) in [5, 5.41) is 8.65. The van der Waals surface area contributed by atoms with Crippen LogP contribution in [0, 0.1) is 18.3 Å². The number of aryl methyl sites for hydroxylation is 2. The van der Waals surface area contributed by atoms with Crippen molar-refractivity contribution < 1.29 is 0 Å². The smallest absolute Gasteiger partial charge is 0.101 e. The molecule has 52 valence electrons. The van der Waals surface area contributed by atoms with Crippen LogP contribution in [0.3, 0.4) is 0 Å². The molecule has 1 heterocycles. The molecule has 1 N–H and O–H groups in total. The largest absolute Gasteiger partial charge is 0.364 e. The first-order chi connectivity index (χ1) is 4.79. The Balaban J connectivity index is 3.17. The molecule has 0 radical (unpaired) electrons. The van der Waals surface area contributed by atoms with E-state index in [2.05, 4.69) is 11.1 Å². The van der Waals surface area contributed by atoms with Gasteiger partial charge in [0.2, 0.25) is 0 Å². The molecule has 0 aromatic carbocycles. The van der Waals surface area contributed by atoms with Gasteiger partial charge in [0.05, 0.1) is 5.56 Å². The van der Waals surface area contributed by atoms with E-state index >= 15 is 0 Å². The molecule has 0 saturated heterocycles. The Kier molecular flexibility index (Phi) is 1.77. The quantitative estimate of drug-likeness (QED) is 0.624. The molecule has 0 bridgehead atoms. The van der Waals surface area contributed by atoms with Gasteiger partial charge in [-0.05, 0) is 18.9 Å². The molecule has 0 aliphatic carbocycles. The van der Waals surface area contributed by atoms with Crippen molar-refractivity contribution in [3.8, 4) is 6.07 Å². The van der Waals surface area contributed by atoms with Crippen LogP contribution in [-0.4, -0.2) is 4.98 Å². The minimum absolute atomic E-state index is 0.808. The highest BCUT2D eigenvalue weighted by Gasteiger charge is 2.03. The van der Waals surface area contributed by atoms with E-state index in [4.69, 9.17) is 5.26 Å². The highest BCUT2D eigenvalue weighted by atomic mass is 14.7. The van der Waals surface area contributed by atoms with Gasteiger partial charge in [-0.1, -0.05) is 6.92 Å². The van der Waals surface area contributed by atoms with E-state index in [9.17, 15) is 0 Å². The summed E-state index contributed by atoms with van der Waals surface area (Å²) in [5.41, 5.74) is 2.89. The number of H-pyrrole nitrogens is 1. The van der Waals surface area contributed by atoms with E-state index in [1.807, 2.05) is 20.0 Å². The van der Waals surface area contributed by atoms with Crippen LogP contribution in [0.25, 0.3) is 0 Å². The van der Waals surface area contributed by atoms with Crippen molar-refractivity contribution in [2.75, 3.05) is 0 Å². The van der Waals surface area contributed by atoms with Gasteiger partial charge in [-0.15, -0.1) is 0 Å². The maximum absolute atomic E-state index is 8.65. The predicted molar refractivity (Wildman–Crippen MR) is 39.6 cm³/mol. The van der Waals surface area contributed by atoms with Gasteiger partial charge in [-0.3, -0.25) is 0 Å². The average molecular weight is 134 g/mol. The van der Waals surface area contributed by atoms with Crippen LogP contribution in [0.2, 0.25) is 0 Å². The zero-order valence-corrected chi connectivity index (χ0v) is 6.23. The Morgan fingerprint density at radius 1 is 1.70 bits per heavy atom. The minimum atomic E-state index is 0.808. The Labute approximate surface area is 60.5 Å². The van der Waals surface area contributed by atoms with E-state index < -0.39 is 0 Å². The lowest BCUT2D eigenvalue weighted by atomic mass is 10.1. The molecule has 0 atom stereocenters. The summed E-state index contributed by atoms with van der Waals surface area (Å²) in [4.78, 5) is 3.02. The third-order valence-electron chi connectivity index (χ3n) is 1.65. The topological polar surface area (TPSA) is 39.6 Å². The molecule has 0 spiro atoms. The number of aromatic amines is 1. The summed E-state index contributed by atoms with van der Waals surface area (Å²) in [6, 6.07) is 2.16. The van der Waals surface area contributed by atoms with Crippen LogP contribution < -0.4 is 0 Å². The van der Waals surface area contributed by atoms with Crippen LogP contribution in [-0.2, 0) is 6.42 Å². The second-order valence-corrected chi connectivity index (χ2v) is 2.28. The fourth-order valence-corrected chi connectivity index (χ4v) is 1.02. The third-order valence-corrected chi connectivity index (χ3v) is 1.65. The van der Waals surface area contributed by atoms with Crippen LogP contribution in [0.5, 0.6) is 0 Å². The van der Waals surface area contributed by atoms with Gasteiger partial charge in [-0.25, -0.2) is 0 Å². The average Bonchev–Trinajstić information content (AvgIpc) is 2.30. The van der Waals surface area contributed by atoms with Gasteiger partial charge < -0.3 is 4.98 Å². The van der Waals surface area contributed by atoms with Gasteiger partial charge in [0.1, 0.15) is 6.07 Å². The summed E-state index contributed by atoms with van der Waals surface area (Å²) in [6.45, 7) is 3.96. The monoisotopic (exact) mass is 134 g/mol. The van der Waals surface area contributed by atoms with Crippen LogP contribution in [0.4, 0.5) is 0 Å². The number of nitriles is 1. The molecule has 1 aromatic heterocycles. The van der Waals surface area contributed by atoms with Gasteiger partial charge in [0.15, 0.2) is 0 Å². The van der Waals surface area contributed by atoms with Gasteiger partial charge in [0, 0.05) is 11.9 Å². The molecule has 0 saturated carbocycles.